The second-order valence-electron chi connectivity index (χ2n) is 5.52. The van der Waals surface area contributed by atoms with E-state index in [0.717, 1.165) is 6.07 Å². The number of hydrogen-bond acceptors (Lipinski definition) is 7. The third-order valence-electron chi connectivity index (χ3n) is 3.81. The molecule has 0 spiro atoms. The van der Waals surface area contributed by atoms with Crippen LogP contribution in [0.3, 0.4) is 0 Å². The summed E-state index contributed by atoms with van der Waals surface area (Å²) >= 11 is 0. The molecule has 27 heavy (non-hydrogen) atoms. The first-order chi connectivity index (χ1) is 12.8. The zero-order valence-corrected chi connectivity index (χ0v) is 14.6. The van der Waals surface area contributed by atoms with Crippen molar-refractivity contribution < 1.29 is 29.1 Å². The number of carbonyl (C=O) groups excluding carboxylic acids is 2. The van der Waals surface area contributed by atoms with Gasteiger partial charge in [-0.05, 0) is 23.8 Å². The maximum absolute atomic E-state index is 12.5. The highest BCUT2D eigenvalue weighted by Gasteiger charge is 2.19. The number of hydrogen-bond donors (Lipinski definition) is 1. The second kappa shape index (κ2) is 8.65. The summed E-state index contributed by atoms with van der Waals surface area (Å²) in [5.74, 6) is -1.21. The van der Waals surface area contributed by atoms with Crippen molar-refractivity contribution in [3.63, 3.8) is 0 Å². The first-order valence-electron chi connectivity index (χ1n) is 7.82. The smallest absolute Gasteiger partial charge is 0.270 e. The third-order valence-corrected chi connectivity index (χ3v) is 3.81. The fourth-order valence-corrected chi connectivity index (χ4v) is 2.49. The number of carbonyl (C=O) groups is 2. The molecule has 0 fully saturated rings. The number of aliphatic carboxylic acids is 1. The van der Waals surface area contributed by atoms with E-state index in [1.54, 1.807) is 18.2 Å². The van der Waals surface area contributed by atoms with Crippen LogP contribution in [0.5, 0.6) is 11.5 Å². The van der Waals surface area contributed by atoms with E-state index in [2.05, 4.69) is 5.32 Å². The quantitative estimate of drug-likeness (QED) is 0.544. The molecule has 0 saturated heterocycles. The van der Waals surface area contributed by atoms with Crippen molar-refractivity contribution in [2.45, 2.75) is 12.5 Å². The summed E-state index contributed by atoms with van der Waals surface area (Å²) in [6.45, 7) is 0. The molecule has 9 nitrogen and oxygen atoms in total. The summed E-state index contributed by atoms with van der Waals surface area (Å²) in [6, 6.07) is 8.91. The highest BCUT2D eigenvalue weighted by molar-refractivity contribution is 5.95. The number of amides is 1. The lowest BCUT2D eigenvalue weighted by Gasteiger charge is -2.21. The van der Waals surface area contributed by atoms with E-state index in [0.29, 0.717) is 17.1 Å². The molecule has 9 heteroatoms. The van der Waals surface area contributed by atoms with E-state index >= 15 is 0 Å². The second-order valence-corrected chi connectivity index (χ2v) is 5.52. The number of rotatable bonds is 8. The maximum Gasteiger partial charge on any atom is 0.270 e. The predicted octanol–water partition coefficient (Wildman–Crippen LogP) is 1.22. The van der Waals surface area contributed by atoms with Gasteiger partial charge in [0.05, 0.1) is 25.2 Å². The first kappa shape index (κ1) is 19.7. The number of non-ortho nitro benzene ring substituents is 1. The van der Waals surface area contributed by atoms with Gasteiger partial charge in [-0.15, -0.1) is 0 Å². The topological polar surface area (TPSA) is 131 Å². The molecule has 0 saturated carbocycles. The zero-order valence-electron chi connectivity index (χ0n) is 14.6. The SMILES string of the molecule is COc1ccc(C(CC(=O)[O-])NC(=O)c2cccc([N+](=O)[O-])c2)cc1OC. The van der Waals surface area contributed by atoms with E-state index in [4.69, 9.17) is 9.47 Å². The van der Waals surface area contributed by atoms with Crippen LogP contribution in [0.15, 0.2) is 42.5 Å². The Bertz CT molecular complexity index is 867. The Balaban J connectivity index is 2.32. The highest BCUT2D eigenvalue weighted by Crippen LogP contribution is 2.31. The fraction of sp³-hybridized carbons (Fsp3) is 0.222. The molecule has 0 aliphatic heterocycles. The molecule has 0 radical (unpaired) electrons. The van der Waals surface area contributed by atoms with E-state index < -0.39 is 29.3 Å². The number of nitro benzene ring substituents is 1. The molecule has 1 amide bonds. The minimum Gasteiger partial charge on any atom is -0.550 e. The van der Waals surface area contributed by atoms with Crippen LogP contribution in [0.2, 0.25) is 0 Å². The summed E-state index contributed by atoms with van der Waals surface area (Å²) in [6.07, 6.45) is -0.490. The molecule has 1 unspecified atom stereocenters. The summed E-state index contributed by atoms with van der Waals surface area (Å²) in [7, 11) is 2.89. The molecule has 1 N–H and O–H groups in total. The number of ether oxygens (including phenoxy) is 2. The van der Waals surface area contributed by atoms with Crippen LogP contribution in [0.1, 0.15) is 28.4 Å². The van der Waals surface area contributed by atoms with Crippen molar-refractivity contribution >= 4 is 17.6 Å². The van der Waals surface area contributed by atoms with Gasteiger partial charge in [-0.2, -0.15) is 0 Å². The lowest BCUT2D eigenvalue weighted by atomic mass is 10.0. The predicted molar refractivity (Wildman–Crippen MR) is 92.5 cm³/mol. The van der Waals surface area contributed by atoms with Crippen LogP contribution in [0.25, 0.3) is 0 Å². The van der Waals surface area contributed by atoms with Crippen LogP contribution in [-0.2, 0) is 4.79 Å². The van der Waals surface area contributed by atoms with Crippen LogP contribution >= 0.6 is 0 Å². The van der Waals surface area contributed by atoms with E-state index in [1.807, 2.05) is 0 Å². The Labute approximate surface area is 154 Å². The number of benzene rings is 2. The largest absolute Gasteiger partial charge is 0.550 e. The van der Waals surface area contributed by atoms with Gasteiger partial charge in [0.2, 0.25) is 0 Å². The molecule has 2 rings (SSSR count). The highest BCUT2D eigenvalue weighted by atomic mass is 16.6. The van der Waals surface area contributed by atoms with Crippen molar-refractivity contribution in [1.29, 1.82) is 0 Å². The first-order valence-corrected chi connectivity index (χ1v) is 7.82. The molecule has 1 atom stereocenters. The van der Waals surface area contributed by atoms with Crippen molar-refractivity contribution in [1.82, 2.24) is 5.32 Å². The third kappa shape index (κ3) is 4.94. The molecular formula is C18H17N2O7-. The monoisotopic (exact) mass is 373 g/mol. The van der Waals surface area contributed by atoms with Crippen molar-refractivity contribution in [2.24, 2.45) is 0 Å². The van der Waals surface area contributed by atoms with Crippen molar-refractivity contribution in [3.8, 4) is 11.5 Å². The van der Waals surface area contributed by atoms with Gasteiger partial charge >= 0.3 is 0 Å². The zero-order chi connectivity index (χ0) is 20.0. The van der Waals surface area contributed by atoms with Gasteiger partial charge in [-0.25, -0.2) is 0 Å². The summed E-state index contributed by atoms with van der Waals surface area (Å²) in [5.41, 5.74) is 0.244. The molecule has 0 aliphatic carbocycles. The van der Waals surface area contributed by atoms with Gasteiger partial charge in [0.15, 0.2) is 11.5 Å². The van der Waals surface area contributed by atoms with E-state index in [-0.39, 0.29) is 11.3 Å². The standard InChI is InChI=1S/C18H18N2O7/c1-26-15-7-6-11(9-16(15)27-2)14(10-17(21)22)19-18(23)12-4-3-5-13(8-12)20(24)25/h3-9,14H,10H2,1-2H3,(H,19,23)(H,21,22)/p-1. The van der Waals surface area contributed by atoms with Gasteiger partial charge in [-0.1, -0.05) is 12.1 Å². The lowest BCUT2D eigenvalue weighted by Crippen LogP contribution is -2.34. The molecule has 2 aromatic rings. The summed E-state index contributed by atoms with van der Waals surface area (Å²) < 4.78 is 10.3. The van der Waals surface area contributed by atoms with Crippen molar-refractivity contribution in [3.05, 3.63) is 63.7 Å². The molecule has 0 aliphatic rings. The number of nitrogens with one attached hydrogen (secondary N) is 1. The van der Waals surface area contributed by atoms with Crippen LogP contribution in [-0.4, -0.2) is 31.0 Å². The number of nitrogens with zero attached hydrogens (tertiary/aromatic N) is 1. The molecule has 2 aromatic carbocycles. The normalized spacial score (nSPS) is 11.3. The van der Waals surface area contributed by atoms with Crippen LogP contribution in [0, 0.1) is 10.1 Å². The number of nitro groups is 1. The molecule has 0 bridgehead atoms. The van der Waals surface area contributed by atoms with Gasteiger partial charge in [-0.3, -0.25) is 14.9 Å². The Hall–Kier alpha value is -3.62. The van der Waals surface area contributed by atoms with Gasteiger partial charge < -0.3 is 24.7 Å². The van der Waals surface area contributed by atoms with Gasteiger partial charge in [0.1, 0.15) is 0 Å². The average Bonchev–Trinajstić information content (AvgIpc) is 2.66. The van der Waals surface area contributed by atoms with E-state index in [9.17, 15) is 24.8 Å². The number of carboxylic acid groups (broad SMARTS) is 1. The Morgan fingerprint density at radius 3 is 2.41 bits per heavy atom. The van der Waals surface area contributed by atoms with Crippen LogP contribution in [0.4, 0.5) is 5.69 Å². The Kier molecular flexibility index (Phi) is 6.32. The number of carboxylic acids is 1. The minimum absolute atomic E-state index is 0.0352. The number of methoxy groups -OCH3 is 2. The van der Waals surface area contributed by atoms with E-state index in [1.165, 1.54) is 32.4 Å². The van der Waals surface area contributed by atoms with Gasteiger partial charge in [0, 0.05) is 30.1 Å². The minimum atomic E-state index is -1.37. The fourth-order valence-electron chi connectivity index (χ4n) is 2.49. The molecule has 0 aromatic heterocycles. The average molecular weight is 373 g/mol. The summed E-state index contributed by atoms with van der Waals surface area (Å²) in [4.78, 5) is 33.8. The van der Waals surface area contributed by atoms with Crippen LogP contribution < -0.4 is 19.9 Å². The molecule has 142 valence electrons. The van der Waals surface area contributed by atoms with Crippen molar-refractivity contribution in [2.75, 3.05) is 14.2 Å². The summed E-state index contributed by atoms with van der Waals surface area (Å²) in [5, 5.41) is 24.5. The molecular weight excluding hydrogens is 356 g/mol. The van der Waals surface area contributed by atoms with Gasteiger partial charge in [0.25, 0.3) is 11.6 Å². The maximum atomic E-state index is 12.5. The molecule has 0 heterocycles. The Morgan fingerprint density at radius 1 is 1.11 bits per heavy atom. The Morgan fingerprint density at radius 2 is 1.81 bits per heavy atom. The lowest BCUT2D eigenvalue weighted by molar-refractivity contribution is -0.384.